The van der Waals surface area contributed by atoms with Crippen molar-refractivity contribution in [2.24, 2.45) is 0 Å². The second-order valence-electron chi connectivity index (χ2n) is 5.56. The Morgan fingerprint density at radius 1 is 1.19 bits per heavy atom. The van der Waals surface area contributed by atoms with Crippen molar-refractivity contribution >= 4 is 11.8 Å². The molecule has 0 atom stereocenters. The summed E-state index contributed by atoms with van der Waals surface area (Å²) in [5, 5.41) is 3.92. The van der Waals surface area contributed by atoms with Gasteiger partial charge in [-0.3, -0.25) is 20.4 Å². The molecule has 2 heterocycles. The monoisotopic (exact) mass is 369 g/mol. The van der Waals surface area contributed by atoms with Gasteiger partial charge in [-0.05, 0) is 43.3 Å². The van der Waals surface area contributed by atoms with Crippen molar-refractivity contribution in [2.45, 2.75) is 19.8 Å². The smallest absolute Gasteiger partial charge is 0.286 e. The van der Waals surface area contributed by atoms with Gasteiger partial charge in [0, 0.05) is 24.6 Å². The van der Waals surface area contributed by atoms with Crippen molar-refractivity contribution in [2.75, 3.05) is 6.61 Å². The number of aryl methyl sites for hydroxylation is 1. The van der Waals surface area contributed by atoms with Crippen molar-refractivity contribution in [1.29, 1.82) is 0 Å². The molecule has 2 amide bonds. The number of hydrogen-bond acceptors (Lipinski definition) is 6. The minimum Gasteiger partial charge on any atom is -0.494 e. The number of nitrogens with one attached hydrogen (secondary N) is 3. The van der Waals surface area contributed by atoms with Gasteiger partial charge in [0.05, 0.1) is 6.61 Å². The quantitative estimate of drug-likeness (QED) is 0.546. The Bertz CT molecular complexity index is 887. The average Bonchev–Trinajstić information content (AvgIpc) is 3.37. The van der Waals surface area contributed by atoms with Crippen LogP contribution in [0.4, 0.5) is 0 Å². The minimum atomic E-state index is -0.427. The summed E-state index contributed by atoms with van der Waals surface area (Å²) < 4.78 is 10.6. The molecule has 0 aliphatic heterocycles. The summed E-state index contributed by atoms with van der Waals surface area (Å²) in [6.45, 7) is 2.51. The normalized spacial score (nSPS) is 10.4. The molecule has 3 N–H and O–H groups in total. The highest BCUT2D eigenvalue weighted by atomic mass is 16.5. The average molecular weight is 369 g/mol. The molecule has 3 rings (SSSR count). The number of amides is 2. The Morgan fingerprint density at radius 3 is 2.70 bits per heavy atom. The van der Waals surface area contributed by atoms with Crippen LogP contribution in [0.3, 0.4) is 0 Å². The van der Waals surface area contributed by atoms with Gasteiger partial charge in [0.1, 0.15) is 11.4 Å². The number of hydrogen-bond donors (Lipinski definition) is 3. The van der Waals surface area contributed by atoms with E-state index in [2.05, 4.69) is 26.0 Å². The topological polar surface area (TPSA) is 122 Å². The zero-order valence-electron chi connectivity index (χ0n) is 14.7. The molecule has 27 heavy (non-hydrogen) atoms. The van der Waals surface area contributed by atoms with E-state index in [9.17, 15) is 9.59 Å². The van der Waals surface area contributed by atoms with Crippen LogP contribution in [0.15, 0.2) is 47.1 Å². The van der Waals surface area contributed by atoms with Crippen LogP contribution in [-0.2, 0) is 11.2 Å². The van der Waals surface area contributed by atoms with E-state index in [4.69, 9.17) is 9.26 Å². The Balaban J connectivity index is 1.47. The van der Waals surface area contributed by atoms with E-state index in [0.717, 1.165) is 11.3 Å². The first-order chi connectivity index (χ1) is 13.2. The van der Waals surface area contributed by atoms with E-state index in [1.807, 2.05) is 31.2 Å². The molecular weight excluding hydrogens is 350 g/mol. The molecule has 0 aliphatic carbocycles. The van der Waals surface area contributed by atoms with Gasteiger partial charge in [0.15, 0.2) is 0 Å². The highest BCUT2D eigenvalue weighted by Gasteiger charge is 2.12. The number of nitrogens with zero attached hydrogens (tertiary/aromatic N) is 2. The number of carbonyl (C=O) groups is 2. The minimum absolute atomic E-state index is 0.0932. The summed E-state index contributed by atoms with van der Waals surface area (Å²) in [5.41, 5.74) is 5.80. The van der Waals surface area contributed by atoms with Gasteiger partial charge in [0.25, 0.3) is 5.91 Å². The van der Waals surface area contributed by atoms with Crippen LogP contribution in [0.2, 0.25) is 0 Å². The largest absolute Gasteiger partial charge is 0.494 e. The third-order valence-electron chi connectivity index (χ3n) is 3.62. The molecule has 0 saturated heterocycles. The van der Waals surface area contributed by atoms with E-state index < -0.39 is 5.91 Å². The standard InChI is InChI=1S/C18H19N5O4/c1-2-26-13-7-5-12(6-8-13)17-20-16(27-23-17)10-9-15(24)21-22-18(25)14-4-3-11-19-14/h3-8,11,19H,2,9-10H2,1H3,(H,21,24)(H,22,25). The molecule has 2 aromatic heterocycles. The third-order valence-corrected chi connectivity index (χ3v) is 3.62. The van der Waals surface area contributed by atoms with Crippen molar-refractivity contribution in [3.63, 3.8) is 0 Å². The highest BCUT2D eigenvalue weighted by molar-refractivity contribution is 5.93. The molecular formula is C18H19N5O4. The Morgan fingerprint density at radius 2 is 2.00 bits per heavy atom. The molecule has 9 heteroatoms. The van der Waals surface area contributed by atoms with E-state index >= 15 is 0 Å². The molecule has 140 valence electrons. The van der Waals surface area contributed by atoms with Crippen LogP contribution < -0.4 is 15.6 Å². The molecule has 0 saturated carbocycles. The molecule has 0 spiro atoms. The molecule has 1 aromatic carbocycles. The van der Waals surface area contributed by atoms with E-state index in [-0.39, 0.29) is 18.7 Å². The fraction of sp³-hybridized carbons (Fsp3) is 0.222. The SMILES string of the molecule is CCOc1ccc(-c2noc(CCC(=O)NNC(=O)c3ccc[nH]3)n2)cc1. The van der Waals surface area contributed by atoms with Gasteiger partial charge < -0.3 is 14.2 Å². The van der Waals surface area contributed by atoms with Gasteiger partial charge >= 0.3 is 0 Å². The number of ether oxygens (including phenoxy) is 1. The number of benzene rings is 1. The van der Waals surface area contributed by atoms with E-state index in [1.54, 1.807) is 18.3 Å². The Labute approximate surface area is 155 Å². The lowest BCUT2D eigenvalue weighted by Crippen LogP contribution is -2.41. The highest BCUT2D eigenvalue weighted by Crippen LogP contribution is 2.20. The van der Waals surface area contributed by atoms with Crippen LogP contribution in [0.25, 0.3) is 11.4 Å². The molecule has 3 aromatic rings. The number of aromatic nitrogens is 3. The van der Waals surface area contributed by atoms with E-state index in [0.29, 0.717) is 24.0 Å². The zero-order valence-corrected chi connectivity index (χ0v) is 14.7. The summed E-state index contributed by atoms with van der Waals surface area (Å²) in [5.74, 6) is 0.751. The fourth-order valence-electron chi connectivity index (χ4n) is 2.29. The first-order valence-electron chi connectivity index (χ1n) is 8.44. The number of carbonyl (C=O) groups excluding carboxylic acids is 2. The maximum absolute atomic E-state index is 11.8. The summed E-state index contributed by atoms with van der Waals surface area (Å²) >= 11 is 0. The predicted molar refractivity (Wildman–Crippen MR) is 95.6 cm³/mol. The maximum atomic E-state index is 11.8. The van der Waals surface area contributed by atoms with Gasteiger partial charge in [-0.25, -0.2) is 0 Å². The Kier molecular flexibility index (Phi) is 5.83. The van der Waals surface area contributed by atoms with Crippen LogP contribution in [0.5, 0.6) is 5.75 Å². The van der Waals surface area contributed by atoms with Gasteiger partial charge in [-0.15, -0.1) is 0 Å². The number of H-pyrrole nitrogens is 1. The van der Waals surface area contributed by atoms with E-state index in [1.165, 1.54) is 0 Å². The lowest BCUT2D eigenvalue weighted by atomic mass is 10.2. The summed E-state index contributed by atoms with van der Waals surface area (Å²) in [6.07, 6.45) is 1.97. The van der Waals surface area contributed by atoms with Crippen molar-refractivity contribution in [1.82, 2.24) is 26.0 Å². The Hall–Kier alpha value is -3.62. The van der Waals surface area contributed by atoms with Crippen LogP contribution in [0.1, 0.15) is 29.7 Å². The molecule has 9 nitrogen and oxygen atoms in total. The van der Waals surface area contributed by atoms with Gasteiger partial charge in [-0.1, -0.05) is 5.16 Å². The first-order valence-corrected chi connectivity index (χ1v) is 8.44. The van der Waals surface area contributed by atoms with Crippen molar-refractivity contribution in [3.05, 3.63) is 54.2 Å². The number of aromatic amines is 1. The predicted octanol–water partition coefficient (Wildman–Crippen LogP) is 1.86. The van der Waals surface area contributed by atoms with Crippen LogP contribution in [-0.4, -0.2) is 33.5 Å². The molecule has 0 bridgehead atoms. The van der Waals surface area contributed by atoms with Crippen LogP contribution in [0, 0.1) is 0 Å². The number of hydrazine groups is 1. The van der Waals surface area contributed by atoms with Gasteiger partial charge in [-0.2, -0.15) is 4.98 Å². The lowest BCUT2D eigenvalue weighted by molar-refractivity contribution is -0.121. The lowest BCUT2D eigenvalue weighted by Gasteiger charge is -2.05. The third kappa shape index (κ3) is 4.94. The van der Waals surface area contributed by atoms with Gasteiger partial charge in [0.2, 0.25) is 17.6 Å². The van der Waals surface area contributed by atoms with Crippen molar-refractivity contribution < 1.29 is 18.8 Å². The summed E-state index contributed by atoms with van der Waals surface area (Å²) in [6, 6.07) is 10.6. The first kappa shape index (κ1) is 18.2. The summed E-state index contributed by atoms with van der Waals surface area (Å²) in [4.78, 5) is 30.5. The molecule has 0 aliphatic rings. The molecule has 0 fully saturated rings. The second-order valence-corrected chi connectivity index (χ2v) is 5.56. The summed E-state index contributed by atoms with van der Waals surface area (Å²) in [7, 11) is 0. The van der Waals surface area contributed by atoms with Crippen molar-refractivity contribution in [3.8, 4) is 17.1 Å². The zero-order chi connectivity index (χ0) is 19.1. The second kappa shape index (κ2) is 8.65. The fourth-order valence-corrected chi connectivity index (χ4v) is 2.29. The maximum Gasteiger partial charge on any atom is 0.286 e. The molecule has 0 radical (unpaired) electrons. The molecule has 0 unspecified atom stereocenters. The van der Waals surface area contributed by atoms with Crippen LogP contribution >= 0.6 is 0 Å². The number of rotatable bonds is 7.